The molecule has 0 bridgehead atoms. The largest absolute Gasteiger partial charge is 0.496 e. The number of carbonyl (C=O) groups is 1. The van der Waals surface area contributed by atoms with Crippen LogP contribution in [0.2, 0.25) is 0 Å². The normalized spacial score (nSPS) is 12.5. The highest BCUT2D eigenvalue weighted by molar-refractivity contribution is 5.84. The molecule has 0 saturated carbocycles. The second-order valence-electron chi connectivity index (χ2n) is 7.16. The quantitative estimate of drug-likeness (QED) is 0.532. The van der Waals surface area contributed by atoms with E-state index in [-0.39, 0.29) is 0 Å². The first-order valence-electron chi connectivity index (χ1n) is 9.67. The Hall–Kier alpha value is -3.07. The molecule has 3 heteroatoms. The molecule has 0 fully saturated rings. The molecule has 3 aromatic carbocycles. The van der Waals surface area contributed by atoms with Crippen LogP contribution in [0.3, 0.4) is 0 Å². The fourth-order valence-corrected chi connectivity index (χ4v) is 4.10. The van der Waals surface area contributed by atoms with E-state index in [1.165, 1.54) is 16.7 Å². The lowest BCUT2D eigenvalue weighted by atomic mass is 9.97. The van der Waals surface area contributed by atoms with Gasteiger partial charge >= 0.3 is 0 Å². The van der Waals surface area contributed by atoms with Crippen molar-refractivity contribution in [3.05, 3.63) is 82.4 Å². The zero-order chi connectivity index (χ0) is 19.5. The molecule has 0 N–H and O–H groups in total. The molecule has 0 unspecified atom stereocenters. The maximum absolute atomic E-state index is 11.5. The molecule has 28 heavy (non-hydrogen) atoms. The van der Waals surface area contributed by atoms with E-state index in [0.29, 0.717) is 17.9 Å². The number of hydrogen-bond donors (Lipinski definition) is 0. The van der Waals surface area contributed by atoms with Gasteiger partial charge in [0.2, 0.25) is 0 Å². The fourth-order valence-electron chi connectivity index (χ4n) is 4.10. The van der Waals surface area contributed by atoms with Crippen molar-refractivity contribution >= 4 is 6.29 Å². The van der Waals surface area contributed by atoms with Crippen LogP contribution >= 0.6 is 0 Å². The van der Waals surface area contributed by atoms with Crippen LogP contribution in [0.15, 0.2) is 54.6 Å². The summed E-state index contributed by atoms with van der Waals surface area (Å²) in [5.74, 6) is 1.43. The van der Waals surface area contributed by atoms with Gasteiger partial charge in [0.05, 0.1) is 12.7 Å². The molecule has 0 atom stereocenters. The van der Waals surface area contributed by atoms with E-state index in [9.17, 15) is 4.79 Å². The van der Waals surface area contributed by atoms with Crippen molar-refractivity contribution in [3.63, 3.8) is 0 Å². The first kappa shape index (κ1) is 18.3. The van der Waals surface area contributed by atoms with Gasteiger partial charge in [-0.15, -0.1) is 0 Å². The van der Waals surface area contributed by atoms with Gasteiger partial charge in [-0.2, -0.15) is 0 Å². The van der Waals surface area contributed by atoms with Crippen LogP contribution in [0, 0.1) is 6.92 Å². The highest BCUT2D eigenvalue weighted by atomic mass is 16.5. The van der Waals surface area contributed by atoms with Crippen LogP contribution in [-0.2, 0) is 19.4 Å². The molecule has 0 aliphatic heterocycles. The predicted octanol–water partition coefficient (Wildman–Crippen LogP) is 5.55. The molecule has 0 aromatic heterocycles. The number of ether oxygens (including phenoxy) is 2. The third-order valence-corrected chi connectivity index (χ3v) is 5.62. The second-order valence-corrected chi connectivity index (χ2v) is 7.16. The number of hydrogen-bond acceptors (Lipinski definition) is 3. The summed E-state index contributed by atoms with van der Waals surface area (Å²) in [6, 6.07) is 18.6. The molecule has 3 aromatic rings. The number of aldehydes is 1. The zero-order valence-electron chi connectivity index (χ0n) is 16.3. The number of benzene rings is 3. The van der Waals surface area contributed by atoms with E-state index in [4.69, 9.17) is 9.47 Å². The van der Waals surface area contributed by atoms with Crippen molar-refractivity contribution in [2.24, 2.45) is 0 Å². The van der Waals surface area contributed by atoms with E-state index in [2.05, 4.69) is 49.4 Å². The van der Waals surface area contributed by atoms with E-state index in [1.807, 2.05) is 12.1 Å². The summed E-state index contributed by atoms with van der Waals surface area (Å²) >= 11 is 0. The van der Waals surface area contributed by atoms with Gasteiger partial charge in [-0.25, -0.2) is 0 Å². The Labute approximate surface area is 165 Å². The van der Waals surface area contributed by atoms with Gasteiger partial charge in [-0.1, -0.05) is 48.5 Å². The molecule has 0 spiro atoms. The van der Waals surface area contributed by atoms with Crippen molar-refractivity contribution in [3.8, 4) is 22.6 Å². The van der Waals surface area contributed by atoms with Gasteiger partial charge in [0.25, 0.3) is 0 Å². The van der Waals surface area contributed by atoms with E-state index < -0.39 is 0 Å². The smallest absolute Gasteiger partial charge is 0.154 e. The minimum Gasteiger partial charge on any atom is -0.496 e. The summed E-state index contributed by atoms with van der Waals surface area (Å²) in [4.78, 5) is 11.5. The van der Waals surface area contributed by atoms with E-state index in [1.54, 1.807) is 7.11 Å². The summed E-state index contributed by atoms with van der Waals surface area (Å²) in [6.45, 7) is 2.63. The third-order valence-electron chi connectivity index (χ3n) is 5.62. The lowest BCUT2D eigenvalue weighted by Crippen LogP contribution is -2.04. The lowest BCUT2D eigenvalue weighted by Gasteiger charge is -2.17. The van der Waals surface area contributed by atoms with Crippen LogP contribution in [0.4, 0.5) is 0 Å². The molecule has 0 amide bonds. The number of fused-ring (bicyclic) bond motifs is 1. The van der Waals surface area contributed by atoms with Gasteiger partial charge in [0.15, 0.2) is 6.29 Å². The maximum atomic E-state index is 11.5. The highest BCUT2D eigenvalue weighted by Gasteiger charge is 2.23. The SMILES string of the molecule is COc1cc(OCc2cccc(-c3ccccc3)c2C)c2c(c1C=O)CCC2. The van der Waals surface area contributed by atoms with Crippen LogP contribution < -0.4 is 9.47 Å². The van der Waals surface area contributed by atoms with Crippen molar-refractivity contribution in [1.82, 2.24) is 0 Å². The Kier molecular flexibility index (Phi) is 5.16. The molecule has 4 rings (SSSR count). The lowest BCUT2D eigenvalue weighted by molar-refractivity contribution is 0.111. The molecule has 1 aliphatic carbocycles. The second kappa shape index (κ2) is 7.89. The van der Waals surface area contributed by atoms with Crippen molar-refractivity contribution in [1.29, 1.82) is 0 Å². The average Bonchev–Trinajstić information content (AvgIpc) is 3.23. The summed E-state index contributed by atoms with van der Waals surface area (Å²) in [6.07, 6.45) is 3.79. The van der Waals surface area contributed by atoms with Crippen molar-refractivity contribution < 1.29 is 14.3 Å². The standard InChI is InChI=1S/C25H24O3/c1-17-19(10-6-11-20(17)18-8-4-3-5-9-18)16-28-25-14-24(27-2)23(15-26)21-12-7-13-22(21)25/h3-6,8-11,14-15H,7,12-13,16H2,1-2H3. The molecule has 0 saturated heterocycles. The minimum atomic E-state index is 0.489. The van der Waals surface area contributed by atoms with Gasteiger partial charge < -0.3 is 9.47 Å². The monoisotopic (exact) mass is 372 g/mol. The molecular weight excluding hydrogens is 348 g/mol. The van der Waals surface area contributed by atoms with Crippen LogP contribution in [0.5, 0.6) is 11.5 Å². The number of rotatable bonds is 6. The Morgan fingerprint density at radius 3 is 2.50 bits per heavy atom. The zero-order valence-corrected chi connectivity index (χ0v) is 16.3. The molecule has 3 nitrogen and oxygen atoms in total. The summed E-state index contributed by atoms with van der Waals surface area (Å²) in [7, 11) is 1.60. The van der Waals surface area contributed by atoms with Crippen LogP contribution in [0.1, 0.15) is 39.0 Å². The van der Waals surface area contributed by atoms with Crippen molar-refractivity contribution in [2.75, 3.05) is 7.11 Å². The topological polar surface area (TPSA) is 35.5 Å². The van der Waals surface area contributed by atoms with Crippen LogP contribution in [-0.4, -0.2) is 13.4 Å². The van der Waals surface area contributed by atoms with Crippen LogP contribution in [0.25, 0.3) is 11.1 Å². The highest BCUT2D eigenvalue weighted by Crippen LogP contribution is 2.39. The van der Waals surface area contributed by atoms with Gasteiger partial charge in [0, 0.05) is 6.07 Å². The Morgan fingerprint density at radius 2 is 1.75 bits per heavy atom. The Morgan fingerprint density at radius 1 is 0.964 bits per heavy atom. The fraction of sp³-hybridized carbons (Fsp3) is 0.240. The molecule has 1 aliphatic rings. The third kappa shape index (κ3) is 3.29. The Bertz CT molecular complexity index is 1010. The molecule has 0 heterocycles. The van der Waals surface area contributed by atoms with Gasteiger partial charge in [-0.3, -0.25) is 4.79 Å². The first-order chi connectivity index (χ1) is 13.7. The maximum Gasteiger partial charge on any atom is 0.154 e. The number of carbonyl (C=O) groups excluding carboxylic acids is 1. The van der Waals surface area contributed by atoms with Crippen molar-refractivity contribution in [2.45, 2.75) is 32.8 Å². The van der Waals surface area contributed by atoms with E-state index >= 15 is 0 Å². The molecule has 142 valence electrons. The summed E-state index contributed by atoms with van der Waals surface area (Å²) in [5.41, 5.74) is 7.72. The average molecular weight is 372 g/mol. The molecular formula is C25H24O3. The first-order valence-corrected chi connectivity index (χ1v) is 9.67. The van der Waals surface area contributed by atoms with Gasteiger partial charge in [-0.05, 0) is 59.6 Å². The van der Waals surface area contributed by atoms with E-state index in [0.717, 1.165) is 48.0 Å². The summed E-state index contributed by atoms with van der Waals surface area (Å²) in [5, 5.41) is 0. The summed E-state index contributed by atoms with van der Waals surface area (Å²) < 4.78 is 11.7. The predicted molar refractivity (Wildman–Crippen MR) is 111 cm³/mol. The number of methoxy groups -OCH3 is 1. The minimum absolute atomic E-state index is 0.489. The Balaban J connectivity index is 1.64. The van der Waals surface area contributed by atoms with Gasteiger partial charge in [0.1, 0.15) is 18.1 Å². The molecule has 0 radical (unpaired) electrons.